The molecule has 0 radical (unpaired) electrons. The summed E-state index contributed by atoms with van der Waals surface area (Å²) in [5.74, 6) is -0.501. The molecule has 0 bridgehead atoms. The number of rotatable bonds is 11. The van der Waals surface area contributed by atoms with E-state index in [9.17, 15) is 4.79 Å². The van der Waals surface area contributed by atoms with Gasteiger partial charge in [-0.2, -0.15) is 0 Å². The van der Waals surface area contributed by atoms with Crippen LogP contribution in [0.2, 0.25) is 0 Å². The van der Waals surface area contributed by atoms with Crippen LogP contribution in [0.5, 0.6) is 0 Å². The molecule has 0 unspecified atom stereocenters. The van der Waals surface area contributed by atoms with E-state index in [1.165, 1.54) is 5.56 Å². The topological polar surface area (TPSA) is 38.3 Å². The van der Waals surface area contributed by atoms with E-state index in [1.54, 1.807) is 6.08 Å². The minimum atomic E-state index is -0.446. The van der Waals surface area contributed by atoms with Crippen LogP contribution in [0.25, 0.3) is 0 Å². The van der Waals surface area contributed by atoms with Crippen molar-refractivity contribution in [2.24, 2.45) is 0 Å². The summed E-state index contributed by atoms with van der Waals surface area (Å²) in [6.45, 7) is 7.05. The van der Waals surface area contributed by atoms with Crippen molar-refractivity contribution in [2.45, 2.75) is 38.3 Å². The maximum atomic E-state index is 13.2. The van der Waals surface area contributed by atoms with E-state index in [0.717, 1.165) is 29.5 Å². The summed E-state index contributed by atoms with van der Waals surface area (Å²) in [6, 6.07) is 28.4. The number of amides is 1. The Balaban J connectivity index is 1.66. The van der Waals surface area contributed by atoms with Crippen LogP contribution in [0.3, 0.4) is 0 Å². The Morgan fingerprint density at radius 2 is 1.55 bits per heavy atom. The highest BCUT2D eigenvalue weighted by atomic mass is 16.5. The lowest BCUT2D eigenvalue weighted by atomic mass is 9.91. The zero-order valence-corrected chi connectivity index (χ0v) is 18.2. The molecule has 1 amide bonds. The summed E-state index contributed by atoms with van der Waals surface area (Å²) in [4.78, 5) is 13.2. The summed E-state index contributed by atoms with van der Waals surface area (Å²) in [5.41, 5.74) is 4.45. The van der Waals surface area contributed by atoms with Crippen LogP contribution < -0.4 is 5.32 Å². The molecule has 3 heteroatoms. The van der Waals surface area contributed by atoms with E-state index in [1.807, 2.05) is 79.7 Å². The molecule has 0 saturated heterocycles. The fraction of sp³-hybridized carbons (Fsp3) is 0.250. The summed E-state index contributed by atoms with van der Waals surface area (Å²) in [7, 11) is 0. The molecule has 0 aliphatic heterocycles. The lowest BCUT2D eigenvalue weighted by Gasteiger charge is -2.25. The van der Waals surface area contributed by atoms with E-state index in [2.05, 4.69) is 24.0 Å². The molecule has 0 aromatic heterocycles. The maximum absolute atomic E-state index is 13.2. The Labute approximate surface area is 185 Å². The zero-order valence-electron chi connectivity index (χ0n) is 18.2. The van der Waals surface area contributed by atoms with Crippen molar-refractivity contribution in [3.8, 4) is 0 Å². The Bertz CT molecular complexity index is 936. The predicted octanol–water partition coefficient (Wildman–Crippen LogP) is 5.60. The normalized spacial score (nSPS) is 12.7. The second kappa shape index (κ2) is 11.9. The van der Waals surface area contributed by atoms with Crippen molar-refractivity contribution < 1.29 is 9.53 Å². The van der Waals surface area contributed by atoms with Gasteiger partial charge in [0.15, 0.2) is 0 Å². The Morgan fingerprint density at radius 1 is 0.935 bits per heavy atom. The number of carbonyl (C=O) groups is 1. The molecule has 3 nitrogen and oxygen atoms in total. The molecule has 1 N–H and O–H groups in total. The van der Waals surface area contributed by atoms with Gasteiger partial charge in [-0.05, 0) is 36.5 Å². The third kappa shape index (κ3) is 6.94. The standard InChI is InChI=1S/C28H31NO2/c1-3-26(31-20-10-15-23-11-6-4-7-12-23)27(25-18-16-22(2)17-19-25)28(30)29-21-24-13-8-5-9-14-24/h3-9,11-14,16-19,26-27H,1,10,15,20-21H2,2H3,(H,29,30)/t26-,27-/m1/s1. The molecule has 31 heavy (non-hydrogen) atoms. The Morgan fingerprint density at radius 3 is 2.16 bits per heavy atom. The van der Waals surface area contributed by atoms with Crippen LogP contribution in [0.4, 0.5) is 0 Å². The first kappa shape index (κ1) is 22.5. The van der Waals surface area contributed by atoms with Crippen molar-refractivity contribution in [1.82, 2.24) is 5.32 Å². The summed E-state index contributed by atoms with van der Waals surface area (Å²) < 4.78 is 6.15. The Kier molecular flexibility index (Phi) is 8.62. The van der Waals surface area contributed by atoms with Gasteiger partial charge in [0, 0.05) is 13.2 Å². The lowest BCUT2D eigenvalue weighted by Crippen LogP contribution is -2.36. The fourth-order valence-corrected chi connectivity index (χ4v) is 3.60. The van der Waals surface area contributed by atoms with Crippen LogP contribution in [0.1, 0.15) is 34.6 Å². The number of nitrogens with one attached hydrogen (secondary N) is 1. The van der Waals surface area contributed by atoms with Crippen molar-refractivity contribution in [1.29, 1.82) is 0 Å². The second-order valence-corrected chi connectivity index (χ2v) is 7.75. The van der Waals surface area contributed by atoms with Crippen molar-refractivity contribution >= 4 is 5.91 Å². The highest BCUT2D eigenvalue weighted by Crippen LogP contribution is 2.24. The molecule has 2 atom stereocenters. The summed E-state index contributed by atoms with van der Waals surface area (Å²) in [5, 5.41) is 3.08. The van der Waals surface area contributed by atoms with E-state index in [4.69, 9.17) is 4.74 Å². The number of carbonyl (C=O) groups excluding carboxylic acids is 1. The molecular formula is C28H31NO2. The molecule has 3 aromatic carbocycles. The molecule has 0 heterocycles. The smallest absolute Gasteiger partial charge is 0.230 e. The number of benzene rings is 3. The number of hydrogen-bond donors (Lipinski definition) is 1. The molecule has 0 aliphatic rings. The van der Waals surface area contributed by atoms with Crippen LogP contribution in [-0.4, -0.2) is 18.6 Å². The van der Waals surface area contributed by atoms with Gasteiger partial charge in [-0.15, -0.1) is 6.58 Å². The third-order valence-corrected chi connectivity index (χ3v) is 5.35. The van der Waals surface area contributed by atoms with Gasteiger partial charge in [0.2, 0.25) is 5.91 Å². The monoisotopic (exact) mass is 413 g/mol. The predicted molar refractivity (Wildman–Crippen MR) is 127 cm³/mol. The van der Waals surface area contributed by atoms with Crippen molar-refractivity contribution in [3.63, 3.8) is 0 Å². The van der Waals surface area contributed by atoms with Crippen molar-refractivity contribution in [3.05, 3.63) is 120 Å². The largest absolute Gasteiger partial charge is 0.373 e. The highest BCUT2D eigenvalue weighted by molar-refractivity contribution is 5.84. The van der Waals surface area contributed by atoms with Gasteiger partial charge in [-0.1, -0.05) is 96.6 Å². The lowest BCUT2D eigenvalue weighted by molar-refractivity contribution is -0.125. The molecule has 0 saturated carbocycles. The van der Waals surface area contributed by atoms with E-state index in [-0.39, 0.29) is 5.91 Å². The molecule has 3 aromatic rings. The van der Waals surface area contributed by atoms with Gasteiger partial charge < -0.3 is 10.1 Å². The molecule has 0 fully saturated rings. The average Bonchev–Trinajstić information content (AvgIpc) is 2.82. The maximum Gasteiger partial charge on any atom is 0.230 e. The van der Waals surface area contributed by atoms with Gasteiger partial charge in [-0.25, -0.2) is 0 Å². The zero-order chi connectivity index (χ0) is 21.9. The van der Waals surface area contributed by atoms with Gasteiger partial charge >= 0.3 is 0 Å². The van der Waals surface area contributed by atoms with Gasteiger partial charge in [0.05, 0.1) is 12.0 Å². The summed E-state index contributed by atoms with van der Waals surface area (Å²) >= 11 is 0. The molecular weight excluding hydrogens is 382 g/mol. The fourth-order valence-electron chi connectivity index (χ4n) is 3.60. The molecule has 3 rings (SSSR count). The minimum absolute atomic E-state index is 0.0549. The SMILES string of the molecule is C=C[C@@H](OCCCc1ccccc1)[C@H](C(=O)NCc1ccccc1)c1ccc(C)cc1. The first-order valence-electron chi connectivity index (χ1n) is 10.8. The third-order valence-electron chi connectivity index (χ3n) is 5.35. The highest BCUT2D eigenvalue weighted by Gasteiger charge is 2.28. The van der Waals surface area contributed by atoms with E-state index < -0.39 is 12.0 Å². The van der Waals surface area contributed by atoms with Gasteiger partial charge in [0.25, 0.3) is 0 Å². The second-order valence-electron chi connectivity index (χ2n) is 7.75. The van der Waals surface area contributed by atoms with Crippen LogP contribution >= 0.6 is 0 Å². The van der Waals surface area contributed by atoms with Gasteiger partial charge in [0.1, 0.15) is 0 Å². The first-order valence-corrected chi connectivity index (χ1v) is 10.8. The van der Waals surface area contributed by atoms with E-state index >= 15 is 0 Å². The van der Waals surface area contributed by atoms with Gasteiger partial charge in [-0.3, -0.25) is 4.79 Å². The Hall–Kier alpha value is -3.17. The van der Waals surface area contributed by atoms with E-state index in [0.29, 0.717) is 13.2 Å². The van der Waals surface area contributed by atoms with Crippen LogP contribution in [0.15, 0.2) is 97.6 Å². The van der Waals surface area contributed by atoms with Crippen molar-refractivity contribution in [2.75, 3.05) is 6.61 Å². The summed E-state index contributed by atoms with van der Waals surface area (Å²) in [6.07, 6.45) is 3.19. The van der Waals surface area contributed by atoms with Crippen LogP contribution in [-0.2, 0) is 22.5 Å². The number of ether oxygens (including phenoxy) is 1. The number of aryl methyl sites for hydroxylation is 2. The average molecular weight is 414 g/mol. The minimum Gasteiger partial charge on any atom is -0.373 e. The quantitative estimate of drug-likeness (QED) is 0.328. The molecule has 160 valence electrons. The van der Waals surface area contributed by atoms with Crippen LogP contribution in [0, 0.1) is 6.92 Å². The number of hydrogen-bond acceptors (Lipinski definition) is 2. The first-order chi connectivity index (χ1) is 15.2. The molecule has 0 spiro atoms. The molecule has 0 aliphatic carbocycles.